The van der Waals surface area contributed by atoms with Gasteiger partial charge in [-0.05, 0) is 5.56 Å². The van der Waals surface area contributed by atoms with Crippen LogP contribution in [0.25, 0.3) is 0 Å². The summed E-state index contributed by atoms with van der Waals surface area (Å²) < 4.78 is 0. The summed E-state index contributed by atoms with van der Waals surface area (Å²) in [6.07, 6.45) is 1.56. The summed E-state index contributed by atoms with van der Waals surface area (Å²) in [6.45, 7) is 3.78. The highest BCUT2D eigenvalue weighted by Gasteiger charge is 2.19. The number of rotatable bonds is 7. The van der Waals surface area contributed by atoms with E-state index in [0.29, 0.717) is 12.1 Å². The molecule has 1 rings (SSSR count). The summed E-state index contributed by atoms with van der Waals surface area (Å²) >= 11 is 0. The van der Waals surface area contributed by atoms with Crippen molar-refractivity contribution in [1.29, 1.82) is 0 Å². The molecule has 0 bridgehead atoms. The van der Waals surface area contributed by atoms with E-state index in [9.17, 15) is 9.59 Å². The molecule has 0 aliphatic carbocycles. The lowest BCUT2D eigenvalue weighted by atomic mass is 10.1. The summed E-state index contributed by atoms with van der Waals surface area (Å²) in [4.78, 5) is 22.5. The molecule has 5 nitrogen and oxygen atoms in total. The van der Waals surface area contributed by atoms with E-state index in [-0.39, 0.29) is 12.5 Å². The monoisotopic (exact) mass is 248 g/mol. The van der Waals surface area contributed by atoms with Crippen LogP contribution < -0.4 is 10.6 Å². The highest BCUT2D eigenvalue weighted by Crippen LogP contribution is 2.11. The average Bonchev–Trinajstić information content (AvgIpc) is 2.37. The second-order valence-corrected chi connectivity index (χ2v) is 3.66. The van der Waals surface area contributed by atoms with Gasteiger partial charge in [0.1, 0.15) is 6.04 Å². The van der Waals surface area contributed by atoms with Crippen LogP contribution in [0.3, 0.4) is 0 Å². The van der Waals surface area contributed by atoms with E-state index in [2.05, 4.69) is 17.2 Å². The second-order valence-electron chi connectivity index (χ2n) is 3.66. The van der Waals surface area contributed by atoms with E-state index in [1.165, 1.54) is 0 Å². The largest absolute Gasteiger partial charge is 0.480 e. The first kappa shape index (κ1) is 13.9. The smallest absolute Gasteiger partial charge is 0.325 e. The molecule has 0 heterocycles. The van der Waals surface area contributed by atoms with Crippen LogP contribution in [0, 0.1) is 0 Å². The highest BCUT2D eigenvalue weighted by molar-refractivity contribution is 5.80. The Kier molecular flexibility index (Phi) is 5.60. The van der Waals surface area contributed by atoms with Gasteiger partial charge in [-0.2, -0.15) is 0 Å². The summed E-state index contributed by atoms with van der Waals surface area (Å²) in [5.41, 5.74) is 0.613. The zero-order chi connectivity index (χ0) is 13.4. The van der Waals surface area contributed by atoms with E-state index >= 15 is 0 Å². The van der Waals surface area contributed by atoms with E-state index in [4.69, 9.17) is 5.11 Å². The lowest BCUT2D eigenvalue weighted by molar-refractivity contribution is -0.139. The Labute approximate surface area is 106 Å². The number of aliphatic carboxylic acids is 1. The van der Waals surface area contributed by atoms with Crippen LogP contribution in [0.5, 0.6) is 0 Å². The second kappa shape index (κ2) is 7.24. The fourth-order valence-corrected chi connectivity index (χ4v) is 1.44. The molecule has 0 aromatic heterocycles. The first-order chi connectivity index (χ1) is 8.65. The first-order valence-electron chi connectivity index (χ1n) is 5.54. The minimum absolute atomic E-state index is 0.0559. The van der Waals surface area contributed by atoms with Gasteiger partial charge in [-0.25, -0.2) is 0 Å². The number of carbonyl (C=O) groups excluding carboxylic acids is 1. The number of amides is 1. The lowest BCUT2D eigenvalue weighted by Crippen LogP contribution is -2.38. The molecular formula is C13H16N2O3. The van der Waals surface area contributed by atoms with Crippen molar-refractivity contribution in [3.63, 3.8) is 0 Å². The molecule has 0 aliphatic rings. The van der Waals surface area contributed by atoms with Gasteiger partial charge in [-0.15, -0.1) is 6.58 Å². The van der Waals surface area contributed by atoms with Crippen LogP contribution in [-0.4, -0.2) is 30.1 Å². The van der Waals surface area contributed by atoms with Crippen LogP contribution in [-0.2, 0) is 9.59 Å². The van der Waals surface area contributed by atoms with E-state index < -0.39 is 12.0 Å². The molecule has 1 atom stereocenters. The van der Waals surface area contributed by atoms with Gasteiger partial charge in [0.25, 0.3) is 0 Å². The predicted octanol–water partition coefficient (Wildman–Crippen LogP) is 0.704. The molecule has 0 saturated heterocycles. The Morgan fingerprint density at radius 2 is 2.00 bits per heavy atom. The Morgan fingerprint density at radius 3 is 2.56 bits per heavy atom. The van der Waals surface area contributed by atoms with Crippen molar-refractivity contribution in [3.05, 3.63) is 48.6 Å². The third-order valence-corrected chi connectivity index (χ3v) is 2.29. The third kappa shape index (κ3) is 4.39. The fourth-order valence-electron chi connectivity index (χ4n) is 1.44. The van der Waals surface area contributed by atoms with Crippen LogP contribution in [0.15, 0.2) is 43.0 Å². The zero-order valence-electron chi connectivity index (χ0n) is 9.93. The highest BCUT2D eigenvalue weighted by atomic mass is 16.4. The molecule has 3 N–H and O–H groups in total. The van der Waals surface area contributed by atoms with Gasteiger partial charge in [-0.1, -0.05) is 36.4 Å². The van der Waals surface area contributed by atoms with Gasteiger partial charge in [0.2, 0.25) is 5.91 Å². The van der Waals surface area contributed by atoms with E-state index in [1.54, 1.807) is 36.4 Å². The van der Waals surface area contributed by atoms with E-state index in [0.717, 1.165) is 0 Å². The van der Waals surface area contributed by atoms with Gasteiger partial charge < -0.3 is 10.4 Å². The molecule has 0 aliphatic heterocycles. The van der Waals surface area contributed by atoms with E-state index in [1.807, 2.05) is 0 Å². The number of carbonyl (C=O) groups is 2. The molecule has 18 heavy (non-hydrogen) atoms. The summed E-state index contributed by atoms with van der Waals surface area (Å²) in [6, 6.07) is 7.83. The van der Waals surface area contributed by atoms with Crippen molar-refractivity contribution in [2.75, 3.05) is 13.1 Å². The van der Waals surface area contributed by atoms with Crippen molar-refractivity contribution in [1.82, 2.24) is 10.6 Å². The van der Waals surface area contributed by atoms with Crippen molar-refractivity contribution >= 4 is 11.9 Å². The van der Waals surface area contributed by atoms with Gasteiger partial charge in [0.05, 0.1) is 6.54 Å². The molecule has 1 aromatic carbocycles. The molecule has 1 amide bonds. The lowest BCUT2D eigenvalue weighted by Gasteiger charge is -2.14. The third-order valence-electron chi connectivity index (χ3n) is 2.29. The number of carboxylic acid groups (broad SMARTS) is 1. The van der Waals surface area contributed by atoms with Crippen LogP contribution in [0.4, 0.5) is 0 Å². The molecule has 0 fully saturated rings. The fraction of sp³-hybridized carbons (Fsp3) is 0.231. The van der Waals surface area contributed by atoms with Gasteiger partial charge >= 0.3 is 5.97 Å². The summed E-state index contributed by atoms with van der Waals surface area (Å²) in [7, 11) is 0. The molecule has 0 saturated carbocycles. The number of benzene rings is 1. The minimum atomic E-state index is -1.02. The number of hydrogen-bond donors (Lipinski definition) is 3. The van der Waals surface area contributed by atoms with Crippen molar-refractivity contribution in [2.45, 2.75) is 6.04 Å². The van der Waals surface area contributed by atoms with Crippen molar-refractivity contribution in [2.24, 2.45) is 0 Å². The summed E-state index contributed by atoms with van der Waals surface area (Å²) in [5, 5.41) is 14.4. The minimum Gasteiger partial charge on any atom is -0.480 e. The molecule has 0 spiro atoms. The zero-order valence-corrected chi connectivity index (χ0v) is 9.93. The summed E-state index contributed by atoms with van der Waals surface area (Å²) in [5.74, 6) is -1.28. The maximum Gasteiger partial charge on any atom is 0.325 e. The number of hydrogen-bond acceptors (Lipinski definition) is 3. The van der Waals surface area contributed by atoms with Crippen LogP contribution >= 0.6 is 0 Å². The SMILES string of the molecule is C=CCNC(=O)CNC(C(=O)O)c1ccccc1. The number of nitrogens with one attached hydrogen (secondary N) is 2. The average molecular weight is 248 g/mol. The normalized spacial score (nSPS) is 11.6. The molecule has 1 unspecified atom stereocenters. The first-order valence-corrected chi connectivity index (χ1v) is 5.54. The molecule has 96 valence electrons. The Hall–Kier alpha value is -2.14. The van der Waals surface area contributed by atoms with Crippen molar-refractivity contribution in [3.8, 4) is 0 Å². The molecule has 0 radical (unpaired) electrons. The Morgan fingerprint density at radius 1 is 1.33 bits per heavy atom. The van der Waals surface area contributed by atoms with Crippen molar-refractivity contribution < 1.29 is 14.7 Å². The topological polar surface area (TPSA) is 78.4 Å². The quantitative estimate of drug-likeness (QED) is 0.621. The maximum atomic E-state index is 11.3. The number of carboxylic acids is 1. The predicted molar refractivity (Wildman–Crippen MR) is 68.0 cm³/mol. The Bertz CT molecular complexity index is 418. The Balaban J connectivity index is 2.57. The standard InChI is InChI=1S/C13H16N2O3/c1-2-8-14-11(16)9-15-12(13(17)18)10-6-4-3-5-7-10/h2-7,12,15H,1,8-9H2,(H,14,16)(H,17,18). The molecule has 1 aromatic rings. The maximum absolute atomic E-state index is 11.3. The van der Waals surface area contributed by atoms with Crippen LogP contribution in [0.1, 0.15) is 11.6 Å². The van der Waals surface area contributed by atoms with Crippen LogP contribution in [0.2, 0.25) is 0 Å². The van der Waals surface area contributed by atoms with Gasteiger partial charge in [-0.3, -0.25) is 14.9 Å². The molecule has 5 heteroatoms. The van der Waals surface area contributed by atoms with Gasteiger partial charge in [0, 0.05) is 6.54 Å². The van der Waals surface area contributed by atoms with Gasteiger partial charge in [0.15, 0.2) is 0 Å². The molecular weight excluding hydrogens is 232 g/mol.